The van der Waals surface area contributed by atoms with Gasteiger partial charge in [-0.1, -0.05) is 18.9 Å². The maximum atomic E-state index is 13.9. The summed E-state index contributed by atoms with van der Waals surface area (Å²) in [6.45, 7) is 3.86. The van der Waals surface area contributed by atoms with Gasteiger partial charge in [-0.2, -0.15) is 5.26 Å². The first kappa shape index (κ1) is 23.6. The Morgan fingerprint density at radius 3 is 2.70 bits per heavy atom. The van der Waals surface area contributed by atoms with Gasteiger partial charge in [0.2, 0.25) is 0 Å². The molecule has 7 heteroatoms. The summed E-state index contributed by atoms with van der Waals surface area (Å²) in [6, 6.07) is 6.43. The molecule has 0 aliphatic heterocycles. The average molecular weight is 488 g/mol. The van der Waals surface area contributed by atoms with Crippen molar-refractivity contribution in [2.75, 3.05) is 20.2 Å². The third-order valence-electron chi connectivity index (χ3n) is 4.88. The van der Waals surface area contributed by atoms with Crippen LogP contribution >= 0.6 is 24.0 Å². The van der Waals surface area contributed by atoms with E-state index in [-0.39, 0.29) is 29.8 Å². The van der Waals surface area contributed by atoms with Gasteiger partial charge < -0.3 is 15.4 Å². The predicted octanol–water partition coefficient (Wildman–Crippen LogP) is 3.97. The van der Waals surface area contributed by atoms with Gasteiger partial charge in [0, 0.05) is 32.3 Å². The molecule has 0 saturated heterocycles. The number of guanidine groups is 1. The Morgan fingerprint density at radius 1 is 1.37 bits per heavy atom. The first-order valence-electron chi connectivity index (χ1n) is 9.42. The number of ether oxygens (including phenoxy) is 1. The zero-order valence-corrected chi connectivity index (χ0v) is 18.5. The van der Waals surface area contributed by atoms with E-state index in [1.54, 1.807) is 19.2 Å². The van der Waals surface area contributed by atoms with Gasteiger partial charge in [-0.15, -0.1) is 24.0 Å². The highest BCUT2D eigenvalue weighted by molar-refractivity contribution is 14.0. The molecule has 1 aliphatic carbocycles. The van der Waals surface area contributed by atoms with E-state index in [0.717, 1.165) is 19.6 Å². The average Bonchev–Trinajstić information content (AvgIpc) is 3.19. The molecule has 150 valence electrons. The van der Waals surface area contributed by atoms with Gasteiger partial charge in [-0.25, -0.2) is 4.39 Å². The second-order valence-corrected chi connectivity index (χ2v) is 6.60. The van der Waals surface area contributed by atoms with Crippen LogP contribution in [0.15, 0.2) is 23.2 Å². The molecule has 1 aliphatic rings. The quantitative estimate of drug-likeness (QED) is 0.330. The van der Waals surface area contributed by atoms with Crippen LogP contribution in [0.2, 0.25) is 0 Å². The van der Waals surface area contributed by atoms with Crippen molar-refractivity contribution in [1.29, 1.82) is 5.26 Å². The van der Waals surface area contributed by atoms with Crippen LogP contribution in [0.4, 0.5) is 4.39 Å². The lowest BCUT2D eigenvalue weighted by Gasteiger charge is -2.24. The molecule has 0 bridgehead atoms. The van der Waals surface area contributed by atoms with Crippen LogP contribution < -0.4 is 10.6 Å². The molecule has 0 amide bonds. The fourth-order valence-electron chi connectivity index (χ4n) is 3.49. The number of aliphatic imine (C=N–C) groups is 1. The molecule has 2 rings (SSSR count). The molecule has 1 fully saturated rings. The summed E-state index contributed by atoms with van der Waals surface area (Å²) in [4.78, 5) is 4.19. The zero-order valence-electron chi connectivity index (χ0n) is 16.1. The van der Waals surface area contributed by atoms with Crippen molar-refractivity contribution in [1.82, 2.24) is 10.6 Å². The highest BCUT2D eigenvalue weighted by Crippen LogP contribution is 2.30. The first-order chi connectivity index (χ1) is 12.7. The van der Waals surface area contributed by atoms with Crippen LogP contribution in [-0.4, -0.2) is 32.3 Å². The van der Waals surface area contributed by atoms with E-state index in [9.17, 15) is 4.39 Å². The normalized spacial score (nSPS) is 15.7. The number of halogens is 2. The Balaban J connectivity index is 0.00000364. The minimum atomic E-state index is -0.385. The summed E-state index contributed by atoms with van der Waals surface area (Å²) in [5.41, 5.74) is 0.827. The van der Waals surface area contributed by atoms with Crippen molar-refractivity contribution in [2.24, 2.45) is 10.9 Å². The van der Waals surface area contributed by atoms with Gasteiger partial charge in [-0.05, 0) is 44.2 Å². The van der Waals surface area contributed by atoms with Gasteiger partial charge >= 0.3 is 0 Å². The number of benzene rings is 1. The number of hydrogen-bond donors (Lipinski definition) is 2. The van der Waals surface area contributed by atoms with E-state index >= 15 is 0 Å². The van der Waals surface area contributed by atoms with E-state index in [4.69, 9.17) is 10.00 Å². The SMILES string of the molecule is CCOC(CCNC(=NC)NCc1ccc(C#N)cc1F)C1CCCC1.I. The second kappa shape index (κ2) is 12.9. The van der Waals surface area contributed by atoms with Crippen LogP contribution in [0.5, 0.6) is 0 Å². The van der Waals surface area contributed by atoms with Crippen molar-refractivity contribution >= 4 is 29.9 Å². The van der Waals surface area contributed by atoms with Crippen molar-refractivity contribution in [2.45, 2.75) is 51.7 Å². The van der Waals surface area contributed by atoms with Gasteiger partial charge in [0.15, 0.2) is 5.96 Å². The first-order valence-corrected chi connectivity index (χ1v) is 9.42. The second-order valence-electron chi connectivity index (χ2n) is 6.60. The third-order valence-corrected chi connectivity index (χ3v) is 4.88. The smallest absolute Gasteiger partial charge is 0.191 e. The summed E-state index contributed by atoms with van der Waals surface area (Å²) in [6.07, 6.45) is 6.36. The monoisotopic (exact) mass is 488 g/mol. The van der Waals surface area contributed by atoms with Crippen LogP contribution in [-0.2, 0) is 11.3 Å². The molecule has 1 aromatic carbocycles. The maximum Gasteiger partial charge on any atom is 0.191 e. The van der Waals surface area contributed by atoms with Gasteiger partial charge in [0.1, 0.15) is 5.82 Å². The maximum absolute atomic E-state index is 13.9. The summed E-state index contributed by atoms with van der Waals surface area (Å²) in [5, 5.41) is 15.2. The highest BCUT2D eigenvalue weighted by Gasteiger charge is 2.25. The lowest BCUT2D eigenvalue weighted by molar-refractivity contribution is 0.0169. The Kier molecular flexibility index (Phi) is 11.3. The fourth-order valence-corrected chi connectivity index (χ4v) is 3.49. The molecule has 0 spiro atoms. The zero-order chi connectivity index (χ0) is 18.8. The molecule has 5 nitrogen and oxygen atoms in total. The van der Waals surface area contributed by atoms with Gasteiger partial charge in [-0.3, -0.25) is 4.99 Å². The molecule has 1 atom stereocenters. The van der Waals surface area contributed by atoms with Crippen molar-refractivity contribution in [3.05, 3.63) is 35.1 Å². The molecule has 27 heavy (non-hydrogen) atoms. The Labute approximate surface area is 178 Å². The van der Waals surface area contributed by atoms with E-state index in [2.05, 4.69) is 15.6 Å². The lowest BCUT2D eigenvalue weighted by atomic mass is 9.98. The molecule has 0 heterocycles. The van der Waals surface area contributed by atoms with Crippen molar-refractivity contribution in [3.8, 4) is 6.07 Å². The van der Waals surface area contributed by atoms with Gasteiger partial charge in [0.05, 0.1) is 17.7 Å². The molecule has 0 radical (unpaired) electrons. The van der Waals surface area contributed by atoms with Crippen LogP contribution in [0.25, 0.3) is 0 Å². The van der Waals surface area contributed by atoms with Crippen molar-refractivity contribution < 1.29 is 9.13 Å². The number of nitrogens with one attached hydrogen (secondary N) is 2. The van der Waals surface area contributed by atoms with E-state index in [1.165, 1.54) is 31.7 Å². The van der Waals surface area contributed by atoms with E-state index in [0.29, 0.717) is 35.7 Å². The Hall–Kier alpha value is -1.40. The van der Waals surface area contributed by atoms with E-state index < -0.39 is 0 Å². The fraction of sp³-hybridized carbons (Fsp3) is 0.600. The number of rotatable bonds is 8. The van der Waals surface area contributed by atoms with Crippen LogP contribution in [0.1, 0.15) is 50.2 Å². The summed E-state index contributed by atoms with van der Waals surface area (Å²) >= 11 is 0. The van der Waals surface area contributed by atoms with E-state index in [1.807, 2.05) is 13.0 Å². The molecular weight excluding hydrogens is 458 g/mol. The molecule has 0 aromatic heterocycles. The summed E-state index contributed by atoms with van der Waals surface area (Å²) < 4.78 is 19.9. The summed E-state index contributed by atoms with van der Waals surface area (Å²) in [7, 11) is 1.70. The molecule has 2 N–H and O–H groups in total. The number of nitriles is 1. The number of nitrogens with zero attached hydrogens (tertiary/aromatic N) is 2. The standard InChI is InChI=1S/C20H29FN4O.HI/c1-3-26-19(16-6-4-5-7-16)10-11-24-20(23-2)25-14-17-9-8-15(13-22)12-18(17)21;/h8-9,12,16,19H,3-7,10-11,14H2,1-2H3,(H2,23,24,25);1H. The molecule has 1 unspecified atom stereocenters. The van der Waals surface area contributed by atoms with Gasteiger partial charge in [0.25, 0.3) is 0 Å². The lowest BCUT2D eigenvalue weighted by Crippen LogP contribution is -2.39. The molecule has 1 saturated carbocycles. The molecular formula is C20H30FIN4O. The minimum absolute atomic E-state index is 0. The predicted molar refractivity (Wildman–Crippen MR) is 117 cm³/mol. The molecule has 1 aromatic rings. The number of hydrogen-bond acceptors (Lipinski definition) is 3. The highest BCUT2D eigenvalue weighted by atomic mass is 127. The van der Waals surface area contributed by atoms with Crippen LogP contribution in [0.3, 0.4) is 0 Å². The topological polar surface area (TPSA) is 69.4 Å². The third kappa shape index (κ3) is 7.62. The largest absolute Gasteiger partial charge is 0.378 e. The Bertz CT molecular complexity index is 641. The van der Waals surface area contributed by atoms with Crippen molar-refractivity contribution in [3.63, 3.8) is 0 Å². The Morgan fingerprint density at radius 2 is 2.11 bits per heavy atom. The minimum Gasteiger partial charge on any atom is -0.378 e. The van der Waals surface area contributed by atoms with Crippen LogP contribution in [0, 0.1) is 23.1 Å². The summed E-state index contributed by atoms with van der Waals surface area (Å²) in [5.74, 6) is 0.916.